The molecule has 3 aromatic rings. The smallest absolute Gasteiger partial charge is 0.254 e. The Labute approximate surface area is 165 Å². The summed E-state index contributed by atoms with van der Waals surface area (Å²) < 4.78 is 28.1. The number of nitrogens with zero attached hydrogens (tertiary/aromatic N) is 3. The summed E-state index contributed by atoms with van der Waals surface area (Å²) in [6, 6.07) is 8.15. The van der Waals surface area contributed by atoms with Crippen molar-refractivity contribution in [1.82, 2.24) is 25.4 Å². The van der Waals surface area contributed by atoms with Crippen LogP contribution in [0.25, 0.3) is 5.82 Å². The summed E-state index contributed by atoms with van der Waals surface area (Å²) >= 11 is 0. The number of amides is 2. The zero-order valence-corrected chi connectivity index (χ0v) is 15.4. The molecule has 29 heavy (non-hydrogen) atoms. The van der Waals surface area contributed by atoms with Gasteiger partial charge >= 0.3 is 0 Å². The maximum absolute atomic E-state index is 13.6. The first kappa shape index (κ1) is 20.1. The predicted molar refractivity (Wildman–Crippen MR) is 101 cm³/mol. The van der Waals surface area contributed by atoms with Crippen LogP contribution in [0.5, 0.6) is 0 Å². The molecule has 0 aliphatic heterocycles. The zero-order chi connectivity index (χ0) is 20.6. The molecule has 0 atom stereocenters. The highest BCUT2D eigenvalue weighted by Crippen LogP contribution is 2.10. The highest BCUT2D eigenvalue weighted by atomic mass is 19.1. The second-order valence-electron chi connectivity index (χ2n) is 6.20. The number of hydrogen-bond donors (Lipinski definition) is 2. The van der Waals surface area contributed by atoms with Crippen LogP contribution in [-0.2, 0) is 11.3 Å². The molecular weight excluding hydrogens is 380 g/mol. The van der Waals surface area contributed by atoms with Gasteiger partial charge in [-0.2, -0.15) is 5.10 Å². The monoisotopic (exact) mass is 399 g/mol. The van der Waals surface area contributed by atoms with Gasteiger partial charge in [-0.3, -0.25) is 9.59 Å². The first-order chi connectivity index (χ1) is 14.0. The van der Waals surface area contributed by atoms with Crippen LogP contribution in [0.4, 0.5) is 8.78 Å². The second-order valence-corrected chi connectivity index (χ2v) is 6.20. The number of carbonyl (C=O) groups excluding carboxylic acids is 2. The third-order valence-corrected chi connectivity index (χ3v) is 4.11. The normalized spacial score (nSPS) is 10.6. The molecule has 0 bridgehead atoms. The first-order valence-electron chi connectivity index (χ1n) is 8.98. The number of rotatable bonds is 8. The van der Waals surface area contributed by atoms with E-state index in [0.29, 0.717) is 18.3 Å². The molecule has 150 valence electrons. The minimum absolute atomic E-state index is 0.184. The van der Waals surface area contributed by atoms with Crippen molar-refractivity contribution in [1.29, 1.82) is 0 Å². The lowest BCUT2D eigenvalue weighted by Crippen LogP contribution is -2.28. The molecule has 0 saturated carbocycles. The van der Waals surface area contributed by atoms with Crippen molar-refractivity contribution in [3.05, 3.63) is 77.8 Å². The maximum atomic E-state index is 13.6. The van der Waals surface area contributed by atoms with Gasteiger partial charge in [-0.1, -0.05) is 6.07 Å². The topological polar surface area (TPSA) is 88.9 Å². The minimum atomic E-state index is -0.926. The van der Waals surface area contributed by atoms with E-state index in [1.165, 1.54) is 0 Å². The number of pyridine rings is 1. The largest absolute Gasteiger partial charge is 0.352 e. The molecule has 3 rings (SSSR count). The lowest BCUT2D eigenvalue weighted by Gasteiger charge is -2.10. The Kier molecular flexibility index (Phi) is 6.62. The fourth-order valence-corrected chi connectivity index (χ4v) is 2.67. The molecule has 0 radical (unpaired) electrons. The average Bonchev–Trinajstić information content (AvgIpc) is 3.24. The number of halogens is 2. The van der Waals surface area contributed by atoms with Gasteiger partial charge in [-0.25, -0.2) is 18.4 Å². The van der Waals surface area contributed by atoms with Crippen LogP contribution in [0, 0.1) is 11.6 Å². The molecule has 2 heterocycles. The molecule has 0 spiro atoms. The van der Waals surface area contributed by atoms with Crippen LogP contribution in [-0.4, -0.2) is 33.1 Å². The van der Waals surface area contributed by atoms with Gasteiger partial charge in [-0.05, 0) is 30.7 Å². The summed E-state index contributed by atoms with van der Waals surface area (Å²) in [6.07, 6.45) is 5.61. The van der Waals surface area contributed by atoms with Crippen LogP contribution < -0.4 is 10.6 Å². The fraction of sp³-hybridized carbons (Fsp3) is 0.200. The Bertz CT molecular complexity index is 992. The summed E-state index contributed by atoms with van der Waals surface area (Å²) in [4.78, 5) is 28.2. The molecule has 9 heteroatoms. The van der Waals surface area contributed by atoms with E-state index in [-0.39, 0.29) is 31.0 Å². The van der Waals surface area contributed by atoms with Gasteiger partial charge < -0.3 is 10.6 Å². The van der Waals surface area contributed by atoms with Crippen LogP contribution >= 0.6 is 0 Å². The molecule has 0 saturated heterocycles. The highest BCUT2D eigenvalue weighted by molar-refractivity contribution is 5.94. The number of hydrogen-bond acceptors (Lipinski definition) is 4. The molecule has 1 aromatic carbocycles. The number of nitrogens with one attached hydrogen (secondary N) is 2. The van der Waals surface area contributed by atoms with Crippen LogP contribution in [0.2, 0.25) is 0 Å². The van der Waals surface area contributed by atoms with Gasteiger partial charge in [0.25, 0.3) is 5.91 Å². The highest BCUT2D eigenvalue weighted by Gasteiger charge is 2.12. The van der Waals surface area contributed by atoms with Gasteiger partial charge in [0.05, 0.1) is 5.56 Å². The first-order valence-corrected chi connectivity index (χ1v) is 8.98. The molecule has 2 N–H and O–H groups in total. The Hall–Kier alpha value is -3.62. The van der Waals surface area contributed by atoms with E-state index in [1.807, 2.05) is 6.07 Å². The van der Waals surface area contributed by atoms with Crippen LogP contribution in [0.3, 0.4) is 0 Å². The fourth-order valence-electron chi connectivity index (χ4n) is 2.67. The van der Waals surface area contributed by atoms with E-state index in [1.54, 1.807) is 35.4 Å². The van der Waals surface area contributed by atoms with Crippen molar-refractivity contribution >= 4 is 11.8 Å². The predicted octanol–water partition coefficient (Wildman–Crippen LogP) is 2.37. The van der Waals surface area contributed by atoms with Gasteiger partial charge in [0, 0.05) is 49.7 Å². The van der Waals surface area contributed by atoms with Crippen molar-refractivity contribution in [2.75, 3.05) is 6.54 Å². The molecular formula is C20H19F2N5O2. The molecule has 2 aromatic heterocycles. The molecule has 7 nitrogen and oxygen atoms in total. The Balaban J connectivity index is 1.43. The second kappa shape index (κ2) is 9.54. The van der Waals surface area contributed by atoms with E-state index >= 15 is 0 Å². The third-order valence-electron chi connectivity index (χ3n) is 4.11. The summed E-state index contributed by atoms with van der Waals surface area (Å²) in [5, 5.41) is 9.46. The molecule has 0 aliphatic rings. The lowest BCUT2D eigenvalue weighted by molar-refractivity contribution is -0.121. The van der Waals surface area contributed by atoms with Gasteiger partial charge in [-0.15, -0.1) is 0 Å². The van der Waals surface area contributed by atoms with Gasteiger partial charge in [0.2, 0.25) is 5.91 Å². The third kappa shape index (κ3) is 5.44. The summed E-state index contributed by atoms with van der Waals surface area (Å²) in [6.45, 7) is 0.476. The van der Waals surface area contributed by atoms with Crippen molar-refractivity contribution in [3.63, 3.8) is 0 Å². The number of benzene rings is 1. The van der Waals surface area contributed by atoms with Crippen LogP contribution in [0.15, 0.2) is 55.0 Å². The summed E-state index contributed by atoms with van der Waals surface area (Å²) in [7, 11) is 0. The van der Waals surface area contributed by atoms with Crippen molar-refractivity contribution in [3.8, 4) is 5.82 Å². The van der Waals surface area contributed by atoms with E-state index in [9.17, 15) is 18.4 Å². The van der Waals surface area contributed by atoms with Crippen LogP contribution in [0.1, 0.15) is 28.8 Å². The number of carbonyl (C=O) groups is 2. The molecule has 0 fully saturated rings. The van der Waals surface area contributed by atoms with Gasteiger partial charge in [0.15, 0.2) is 5.82 Å². The quantitative estimate of drug-likeness (QED) is 0.569. The summed E-state index contributed by atoms with van der Waals surface area (Å²) in [5.74, 6) is -1.89. The minimum Gasteiger partial charge on any atom is -0.352 e. The van der Waals surface area contributed by atoms with E-state index in [4.69, 9.17) is 0 Å². The van der Waals surface area contributed by atoms with E-state index in [0.717, 1.165) is 17.7 Å². The number of aromatic nitrogens is 3. The Morgan fingerprint density at radius 3 is 2.69 bits per heavy atom. The molecule has 2 amide bonds. The zero-order valence-electron chi connectivity index (χ0n) is 15.4. The van der Waals surface area contributed by atoms with E-state index in [2.05, 4.69) is 20.7 Å². The SMILES string of the molecule is O=C(CCCNC(=O)c1ccc(F)cc1F)NCc1cccnc1-n1cccn1. The average molecular weight is 399 g/mol. The molecule has 0 unspecified atom stereocenters. The van der Waals surface area contributed by atoms with Crippen molar-refractivity contribution < 1.29 is 18.4 Å². The Morgan fingerprint density at radius 2 is 1.93 bits per heavy atom. The standard InChI is InChI=1S/C20H19F2N5O2/c21-15-6-7-16(17(22)12-15)20(29)24-9-2-5-18(28)25-13-14-4-1-8-23-19(14)27-11-3-10-26-27/h1,3-4,6-8,10-12H,2,5,9,13H2,(H,24,29)(H,25,28). The summed E-state index contributed by atoms with van der Waals surface area (Å²) in [5.41, 5.74) is 0.572. The Morgan fingerprint density at radius 1 is 1.07 bits per heavy atom. The molecule has 0 aliphatic carbocycles. The van der Waals surface area contributed by atoms with Gasteiger partial charge in [0.1, 0.15) is 11.6 Å². The van der Waals surface area contributed by atoms with Crippen molar-refractivity contribution in [2.24, 2.45) is 0 Å². The van der Waals surface area contributed by atoms with E-state index < -0.39 is 17.5 Å². The lowest BCUT2D eigenvalue weighted by atomic mass is 10.2. The van der Waals surface area contributed by atoms with Crippen molar-refractivity contribution in [2.45, 2.75) is 19.4 Å². The maximum Gasteiger partial charge on any atom is 0.254 e.